The van der Waals surface area contributed by atoms with Gasteiger partial charge in [-0.1, -0.05) is 6.92 Å². The Bertz CT molecular complexity index is 789. The lowest BCUT2D eigenvalue weighted by Gasteiger charge is -2.30. The molecule has 0 aromatic heterocycles. The summed E-state index contributed by atoms with van der Waals surface area (Å²) in [4.78, 5) is 12.5. The Kier molecular flexibility index (Phi) is 7.05. The average molecular weight is 396 g/mol. The molecule has 0 aliphatic carbocycles. The van der Waals surface area contributed by atoms with E-state index in [4.69, 9.17) is 0 Å². The first-order chi connectivity index (χ1) is 12.6. The lowest BCUT2D eigenvalue weighted by Crippen LogP contribution is -2.48. The smallest absolute Gasteiger partial charge is 0.241 e. The van der Waals surface area contributed by atoms with Crippen molar-refractivity contribution in [1.29, 1.82) is 0 Å². The van der Waals surface area contributed by atoms with E-state index in [1.165, 1.54) is 0 Å². The van der Waals surface area contributed by atoms with E-state index in [0.717, 1.165) is 47.3 Å². The molecule has 152 valence electrons. The molecule has 0 spiro atoms. The zero-order chi connectivity index (χ0) is 20.4. The predicted molar refractivity (Wildman–Crippen MR) is 109 cm³/mol. The third-order valence-electron chi connectivity index (χ3n) is 5.98. The Morgan fingerprint density at radius 3 is 2.15 bits per heavy atom. The van der Waals surface area contributed by atoms with E-state index in [1.807, 2.05) is 34.6 Å². The van der Waals surface area contributed by atoms with Crippen LogP contribution in [0.5, 0.6) is 0 Å². The molecule has 7 heteroatoms. The van der Waals surface area contributed by atoms with E-state index in [-0.39, 0.29) is 24.9 Å². The van der Waals surface area contributed by atoms with Crippen molar-refractivity contribution >= 4 is 15.9 Å². The van der Waals surface area contributed by atoms with Crippen molar-refractivity contribution in [2.45, 2.75) is 65.3 Å². The monoisotopic (exact) mass is 395 g/mol. The number of sulfonamides is 1. The number of nitrogens with one attached hydrogen (secondary N) is 3. The van der Waals surface area contributed by atoms with Gasteiger partial charge < -0.3 is 10.6 Å². The lowest BCUT2D eigenvalue weighted by molar-refractivity contribution is -0.122. The maximum absolute atomic E-state index is 12.9. The fourth-order valence-corrected chi connectivity index (χ4v) is 5.37. The maximum Gasteiger partial charge on any atom is 0.241 e. The summed E-state index contributed by atoms with van der Waals surface area (Å²) < 4.78 is 28.3. The van der Waals surface area contributed by atoms with Gasteiger partial charge in [-0.15, -0.1) is 0 Å². The highest BCUT2D eigenvalue weighted by atomic mass is 32.2. The van der Waals surface area contributed by atoms with Crippen molar-refractivity contribution < 1.29 is 13.2 Å². The quantitative estimate of drug-likeness (QED) is 0.688. The normalized spacial score (nSPS) is 20.5. The van der Waals surface area contributed by atoms with Gasteiger partial charge in [-0.3, -0.25) is 4.79 Å². The summed E-state index contributed by atoms with van der Waals surface area (Å²) >= 11 is 0. The van der Waals surface area contributed by atoms with Crippen molar-refractivity contribution in [1.82, 2.24) is 15.4 Å². The highest BCUT2D eigenvalue weighted by Gasteiger charge is 2.25. The molecule has 3 N–H and O–H groups in total. The van der Waals surface area contributed by atoms with Crippen LogP contribution in [0.15, 0.2) is 4.90 Å². The van der Waals surface area contributed by atoms with Crippen LogP contribution in [-0.4, -0.2) is 40.0 Å². The highest BCUT2D eigenvalue weighted by molar-refractivity contribution is 7.89. The molecule has 1 aliphatic heterocycles. The molecule has 1 fully saturated rings. The number of hydrogen-bond donors (Lipinski definition) is 3. The van der Waals surface area contributed by atoms with Gasteiger partial charge in [-0.25, -0.2) is 13.1 Å². The molecular formula is C20H33N3O3S. The minimum absolute atomic E-state index is 0.0956. The van der Waals surface area contributed by atoms with Crippen LogP contribution in [0.1, 0.15) is 47.6 Å². The Morgan fingerprint density at radius 2 is 1.59 bits per heavy atom. The van der Waals surface area contributed by atoms with Crippen LogP contribution in [-0.2, 0) is 14.8 Å². The predicted octanol–water partition coefficient (Wildman–Crippen LogP) is 2.01. The van der Waals surface area contributed by atoms with Gasteiger partial charge in [0.25, 0.3) is 0 Å². The van der Waals surface area contributed by atoms with E-state index < -0.39 is 10.0 Å². The third-order valence-corrected chi connectivity index (χ3v) is 7.71. The molecule has 2 atom stereocenters. The molecule has 0 radical (unpaired) electrons. The fraction of sp³-hybridized carbons (Fsp3) is 0.650. The second-order valence-electron chi connectivity index (χ2n) is 7.75. The number of amides is 1. The van der Waals surface area contributed by atoms with Crippen molar-refractivity contribution in [2.24, 2.45) is 5.92 Å². The van der Waals surface area contributed by atoms with Gasteiger partial charge in [0, 0.05) is 19.0 Å². The summed E-state index contributed by atoms with van der Waals surface area (Å²) in [5.74, 6) is 0.268. The van der Waals surface area contributed by atoms with Crippen LogP contribution in [0.4, 0.5) is 0 Å². The Balaban J connectivity index is 2.02. The topological polar surface area (TPSA) is 87.3 Å². The van der Waals surface area contributed by atoms with E-state index in [9.17, 15) is 13.2 Å². The fourth-order valence-electron chi connectivity index (χ4n) is 3.75. The standard InChI is InChI=1S/C20H33N3O3S/c1-12-11-21-9-7-18(12)23-19(24)8-10-22-27(25,26)20-16(5)14(3)13(2)15(4)17(20)6/h12,18,21-22H,7-11H2,1-6H3,(H,23,24). The van der Waals surface area contributed by atoms with Crippen LogP contribution >= 0.6 is 0 Å². The molecular weight excluding hydrogens is 362 g/mol. The third kappa shape index (κ3) is 4.89. The largest absolute Gasteiger partial charge is 0.353 e. The van der Waals surface area contributed by atoms with Gasteiger partial charge in [0.15, 0.2) is 0 Å². The molecule has 27 heavy (non-hydrogen) atoms. The molecule has 1 amide bonds. The Hall–Kier alpha value is -1.44. The van der Waals surface area contributed by atoms with E-state index in [1.54, 1.807) is 0 Å². The molecule has 1 aliphatic rings. The molecule has 1 aromatic rings. The zero-order valence-electron chi connectivity index (χ0n) is 17.3. The molecule has 1 saturated heterocycles. The van der Waals surface area contributed by atoms with Gasteiger partial charge in [-0.2, -0.15) is 0 Å². The van der Waals surface area contributed by atoms with Crippen LogP contribution in [0.25, 0.3) is 0 Å². The second-order valence-corrected chi connectivity index (χ2v) is 9.45. The van der Waals surface area contributed by atoms with Gasteiger partial charge >= 0.3 is 0 Å². The first-order valence-corrected chi connectivity index (χ1v) is 11.1. The lowest BCUT2D eigenvalue weighted by atomic mass is 9.95. The Labute approximate surface area is 163 Å². The van der Waals surface area contributed by atoms with E-state index in [0.29, 0.717) is 10.8 Å². The summed E-state index contributed by atoms with van der Waals surface area (Å²) in [6.45, 7) is 13.6. The van der Waals surface area contributed by atoms with Crippen LogP contribution in [0.3, 0.4) is 0 Å². The molecule has 0 saturated carbocycles. The summed E-state index contributed by atoms with van der Waals surface area (Å²) in [5, 5.41) is 6.33. The van der Waals surface area contributed by atoms with E-state index >= 15 is 0 Å². The SMILES string of the molecule is Cc1c(C)c(C)c(S(=O)(=O)NCCC(=O)NC2CCNCC2C)c(C)c1C. The highest BCUT2D eigenvalue weighted by Crippen LogP contribution is 2.29. The molecule has 1 aromatic carbocycles. The minimum Gasteiger partial charge on any atom is -0.353 e. The van der Waals surface area contributed by atoms with Crippen molar-refractivity contribution in [3.05, 3.63) is 27.8 Å². The molecule has 6 nitrogen and oxygen atoms in total. The van der Waals surface area contributed by atoms with Gasteiger partial charge in [0.2, 0.25) is 15.9 Å². The summed E-state index contributed by atoms with van der Waals surface area (Å²) in [6.07, 6.45) is 1.04. The van der Waals surface area contributed by atoms with Gasteiger partial charge in [0.05, 0.1) is 4.90 Å². The van der Waals surface area contributed by atoms with Crippen LogP contribution in [0.2, 0.25) is 0 Å². The van der Waals surface area contributed by atoms with Crippen molar-refractivity contribution in [3.8, 4) is 0 Å². The molecule has 1 heterocycles. The molecule has 2 rings (SSSR count). The summed E-state index contributed by atoms with van der Waals surface area (Å²) in [5.41, 5.74) is 4.67. The number of piperidine rings is 1. The van der Waals surface area contributed by atoms with Crippen LogP contribution in [0, 0.1) is 40.5 Å². The van der Waals surface area contributed by atoms with E-state index in [2.05, 4.69) is 22.3 Å². The molecule has 0 bridgehead atoms. The first kappa shape index (κ1) is 21.9. The zero-order valence-corrected chi connectivity index (χ0v) is 18.1. The summed E-state index contributed by atoms with van der Waals surface area (Å²) in [7, 11) is -3.66. The first-order valence-electron chi connectivity index (χ1n) is 9.63. The average Bonchev–Trinajstić information content (AvgIpc) is 2.60. The van der Waals surface area contributed by atoms with Gasteiger partial charge in [0.1, 0.15) is 0 Å². The van der Waals surface area contributed by atoms with Crippen molar-refractivity contribution in [2.75, 3.05) is 19.6 Å². The number of benzene rings is 1. The second kappa shape index (κ2) is 8.71. The number of rotatable bonds is 6. The minimum atomic E-state index is -3.66. The van der Waals surface area contributed by atoms with Crippen molar-refractivity contribution in [3.63, 3.8) is 0 Å². The van der Waals surface area contributed by atoms with Gasteiger partial charge in [-0.05, 0) is 87.9 Å². The Morgan fingerprint density at radius 1 is 1.04 bits per heavy atom. The number of hydrogen-bond acceptors (Lipinski definition) is 4. The maximum atomic E-state index is 12.9. The van der Waals surface area contributed by atoms with Crippen LogP contribution < -0.4 is 15.4 Å². The molecule has 2 unspecified atom stereocenters. The summed E-state index contributed by atoms with van der Waals surface area (Å²) in [6, 6.07) is 0.155. The number of carbonyl (C=O) groups excluding carboxylic acids is 1. The number of carbonyl (C=O) groups is 1.